The van der Waals surface area contributed by atoms with E-state index in [4.69, 9.17) is 4.99 Å². The Labute approximate surface area is 83.0 Å². The van der Waals surface area contributed by atoms with E-state index in [0.717, 1.165) is 19.3 Å². The number of hydrogen-bond donors (Lipinski definition) is 0. The Hall–Kier alpha value is -0.590. The van der Waals surface area contributed by atoms with Gasteiger partial charge >= 0.3 is 0 Å². The van der Waals surface area contributed by atoms with Crippen LogP contribution in [0.25, 0.3) is 0 Å². The van der Waals surface area contributed by atoms with Gasteiger partial charge in [0, 0.05) is 11.8 Å². The van der Waals surface area contributed by atoms with E-state index in [1.165, 1.54) is 11.3 Å². The molecule has 0 bridgehead atoms. The van der Waals surface area contributed by atoms with E-state index in [1.54, 1.807) is 0 Å². The van der Waals surface area contributed by atoms with Crippen molar-refractivity contribution in [2.24, 2.45) is 4.99 Å². The van der Waals surface area contributed by atoms with Gasteiger partial charge in [0.05, 0.1) is 0 Å². The van der Waals surface area contributed by atoms with Crippen molar-refractivity contribution in [3.8, 4) is 0 Å². The zero-order valence-corrected chi connectivity index (χ0v) is 9.72. The highest BCUT2D eigenvalue weighted by Crippen LogP contribution is 2.09. The van der Waals surface area contributed by atoms with Crippen molar-refractivity contribution in [3.63, 3.8) is 0 Å². The molecule has 0 saturated carbocycles. The van der Waals surface area contributed by atoms with Crippen molar-refractivity contribution in [1.82, 2.24) is 0 Å². The van der Waals surface area contributed by atoms with Gasteiger partial charge < -0.3 is 0 Å². The normalized spacial score (nSPS) is 16.1. The lowest BCUT2D eigenvalue weighted by molar-refractivity contribution is 0.714. The van der Waals surface area contributed by atoms with Gasteiger partial charge in [-0.2, -0.15) is 0 Å². The highest BCUT2D eigenvalue weighted by atomic mass is 14.8. The summed E-state index contributed by atoms with van der Waals surface area (Å²) in [6, 6.07) is 0.469. The Balaban J connectivity index is 4.57. The molecule has 1 atom stereocenters. The van der Waals surface area contributed by atoms with Crippen molar-refractivity contribution in [2.75, 3.05) is 0 Å². The lowest BCUT2D eigenvalue weighted by Crippen LogP contribution is -2.06. The molecule has 0 fully saturated rings. The third-order valence-corrected chi connectivity index (χ3v) is 2.40. The van der Waals surface area contributed by atoms with Crippen molar-refractivity contribution in [1.29, 1.82) is 0 Å². The van der Waals surface area contributed by atoms with Crippen LogP contribution in [0, 0.1) is 0 Å². The predicted octanol–water partition coefficient (Wildman–Crippen LogP) is 3.99. The van der Waals surface area contributed by atoms with Gasteiger partial charge in [-0.15, -0.1) is 0 Å². The quantitative estimate of drug-likeness (QED) is 0.569. The SMILES string of the molecule is C/C=C(CC)\C(CC)=N/C(C)CC. The summed E-state index contributed by atoms with van der Waals surface area (Å²) in [5.74, 6) is 0. The molecular formula is C12H23N. The lowest BCUT2D eigenvalue weighted by atomic mass is 10.1. The average Bonchev–Trinajstić information content (AvgIpc) is 2.17. The van der Waals surface area contributed by atoms with Crippen LogP contribution in [0.5, 0.6) is 0 Å². The molecule has 1 heteroatoms. The molecule has 0 aromatic rings. The topological polar surface area (TPSA) is 12.4 Å². The second kappa shape index (κ2) is 6.88. The molecule has 76 valence electrons. The van der Waals surface area contributed by atoms with E-state index >= 15 is 0 Å². The zero-order valence-electron chi connectivity index (χ0n) is 9.72. The summed E-state index contributed by atoms with van der Waals surface area (Å²) in [6.07, 6.45) is 5.46. The lowest BCUT2D eigenvalue weighted by Gasteiger charge is -2.10. The first-order valence-electron chi connectivity index (χ1n) is 5.41. The second-order valence-electron chi connectivity index (χ2n) is 3.35. The maximum atomic E-state index is 4.70. The molecule has 0 heterocycles. The first-order chi connectivity index (χ1) is 6.19. The maximum Gasteiger partial charge on any atom is 0.0472 e. The second-order valence-corrected chi connectivity index (χ2v) is 3.35. The molecule has 0 aliphatic heterocycles. The van der Waals surface area contributed by atoms with Gasteiger partial charge in [0.15, 0.2) is 0 Å². The molecule has 0 aromatic carbocycles. The Morgan fingerprint density at radius 2 is 1.85 bits per heavy atom. The van der Waals surface area contributed by atoms with Gasteiger partial charge in [-0.1, -0.05) is 26.8 Å². The van der Waals surface area contributed by atoms with Crippen LogP contribution in [0.1, 0.15) is 53.9 Å². The van der Waals surface area contributed by atoms with E-state index in [9.17, 15) is 0 Å². The van der Waals surface area contributed by atoms with E-state index in [-0.39, 0.29) is 0 Å². The summed E-state index contributed by atoms with van der Waals surface area (Å²) in [5.41, 5.74) is 2.70. The Morgan fingerprint density at radius 1 is 1.23 bits per heavy atom. The van der Waals surface area contributed by atoms with Crippen LogP contribution in [0.2, 0.25) is 0 Å². The van der Waals surface area contributed by atoms with Gasteiger partial charge in [-0.05, 0) is 38.7 Å². The van der Waals surface area contributed by atoms with E-state index in [2.05, 4.69) is 40.7 Å². The highest BCUT2D eigenvalue weighted by molar-refractivity contribution is 5.99. The number of nitrogens with zero attached hydrogens (tertiary/aromatic N) is 1. The third-order valence-electron chi connectivity index (χ3n) is 2.40. The van der Waals surface area contributed by atoms with Crippen molar-refractivity contribution in [3.05, 3.63) is 11.6 Å². The molecular weight excluding hydrogens is 158 g/mol. The monoisotopic (exact) mass is 181 g/mol. The van der Waals surface area contributed by atoms with Crippen molar-refractivity contribution in [2.45, 2.75) is 59.9 Å². The Bertz CT molecular complexity index is 189. The molecule has 1 unspecified atom stereocenters. The molecule has 13 heavy (non-hydrogen) atoms. The summed E-state index contributed by atoms with van der Waals surface area (Å²) in [5, 5.41) is 0. The van der Waals surface area contributed by atoms with Crippen LogP contribution in [-0.4, -0.2) is 11.8 Å². The van der Waals surface area contributed by atoms with Crippen LogP contribution >= 0.6 is 0 Å². The summed E-state index contributed by atoms with van der Waals surface area (Å²) < 4.78 is 0. The van der Waals surface area contributed by atoms with Crippen molar-refractivity contribution >= 4 is 5.71 Å². The highest BCUT2D eigenvalue weighted by Gasteiger charge is 2.03. The minimum atomic E-state index is 0.469. The fraction of sp³-hybridized carbons (Fsp3) is 0.750. The third kappa shape index (κ3) is 4.25. The molecule has 0 radical (unpaired) electrons. The fourth-order valence-corrected chi connectivity index (χ4v) is 1.33. The van der Waals surface area contributed by atoms with Crippen LogP contribution in [0.4, 0.5) is 0 Å². The largest absolute Gasteiger partial charge is 0.286 e. The first-order valence-corrected chi connectivity index (χ1v) is 5.41. The molecule has 0 aliphatic rings. The molecule has 0 N–H and O–H groups in total. The fourth-order valence-electron chi connectivity index (χ4n) is 1.33. The standard InChI is InChI=1S/C12H23N/c1-6-10(5)13-12(9-4)11(7-2)8-3/h7,10H,6,8-9H2,1-5H3/b11-7-,13-12-. The van der Waals surface area contributed by atoms with Gasteiger partial charge in [0.1, 0.15) is 0 Å². The number of rotatable bonds is 5. The van der Waals surface area contributed by atoms with Crippen LogP contribution in [0.3, 0.4) is 0 Å². The minimum absolute atomic E-state index is 0.469. The Morgan fingerprint density at radius 3 is 2.15 bits per heavy atom. The number of allylic oxidation sites excluding steroid dienone is 2. The molecule has 1 nitrogen and oxygen atoms in total. The number of hydrogen-bond acceptors (Lipinski definition) is 1. The summed E-state index contributed by atoms with van der Waals surface area (Å²) in [7, 11) is 0. The van der Waals surface area contributed by atoms with Crippen LogP contribution in [-0.2, 0) is 0 Å². The molecule has 0 spiro atoms. The van der Waals surface area contributed by atoms with Gasteiger partial charge in [0.25, 0.3) is 0 Å². The number of aliphatic imine (C=N–C) groups is 1. The maximum absolute atomic E-state index is 4.70. The summed E-state index contributed by atoms with van der Waals surface area (Å²) >= 11 is 0. The Kier molecular flexibility index (Phi) is 6.56. The van der Waals surface area contributed by atoms with Crippen LogP contribution in [0.15, 0.2) is 16.6 Å². The van der Waals surface area contributed by atoms with Gasteiger partial charge in [0.2, 0.25) is 0 Å². The molecule has 0 aliphatic carbocycles. The summed E-state index contributed by atoms with van der Waals surface area (Å²) in [4.78, 5) is 4.70. The minimum Gasteiger partial charge on any atom is -0.286 e. The van der Waals surface area contributed by atoms with Crippen molar-refractivity contribution < 1.29 is 0 Å². The van der Waals surface area contributed by atoms with Crippen LogP contribution < -0.4 is 0 Å². The summed E-state index contributed by atoms with van der Waals surface area (Å²) in [6.45, 7) is 10.8. The van der Waals surface area contributed by atoms with E-state index in [1.807, 2.05) is 0 Å². The average molecular weight is 181 g/mol. The molecule has 0 saturated heterocycles. The molecule has 0 rings (SSSR count). The zero-order chi connectivity index (χ0) is 10.3. The molecule has 0 aromatic heterocycles. The predicted molar refractivity (Wildman–Crippen MR) is 61.5 cm³/mol. The van der Waals surface area contributed by atoms with E-state index < -0.39 is 0 Å². The first kappa shape index (κ1) is 12.4. The molecule has 0 amide bonds. The van der Waals surface area contributed by atoms with Gasteiger partial charge in [-0.3, -0.25) is 4.99 Å². The van der Waals surface area contributed by atoms with Gasteiger partial charge in [-0.25, -0.2) is 0 Å². The smallest absolute Gasteiger partial charge is 0.0472 e. The van der Waals surface area contributed by atoms with E-state index in [0.29, 0.717) is 6.04 Å².